The summed E-state index contributed by atoms with van der Waals surface area (Å²) < 4.78 is 0. The molecule has 2 aromatic carbocycles. The number of nitrogens with zero attached hydrogens (tertiary/aromatic N) is 1. The number of benzene rings is 2. The molecule has 0 fully saturated rings. The molecule has 0 aliphatic carbocycles. The number of aryl methyl sites for hydroxylation is 2. The minimum Gasteiger partial charge on any atom is -0.349 e. The maximum absolute atomic E-state index is 12.1. The third kappa shape index (κ3) is 3.79. The van der Waals surface area contributed by atoms with Crippen LogP contribution in [0.5, 0.6) is 0 Å². The summed E-state index contributed by atoms with van der Waals surface area (Å²) in [4.78, 5) is 20.0. The van der Waals surface area contributed by atoms with E-state index in [1.165, 1.54) is 22.9 Å². The van der Waals surface area contributed by atoms with Crippen LogP contribution in [-0.4, -0.2) is 21.6 Å². The molecule has 0 aliphatic heterocycles. The highest BCUT2D eigenvalue weighted by Crippen LogP contribution is 2.22. The van der Waals surface area contributed by atoms with E-state index in [9.17, 15) is 4.79 Å². The molecule has 124 valence electrons. The molecular weight excluding hydrogens is 318 g/mol. The molecule has 0 radical (unpaired) electrons. The minimum absolute atomic E-state index is 0.000252. The Bertz CT molecular complexity index is 819. The van der Waals surface area contributed by atoms with Gasteiger partial charge in [-0.15, -0.1) is 0 Å². The number of thioether (sulfide) groups is 1. The second kappa shape index (κ2) is 7.09. The third-order valence-corrected chi connectivity index (χ3v) is 4.97. The van der Waals surface area contributed by atoms with Gasteiger partial charge in [0.05, 0.1) is 22.8 Å². The van der Waals surface area contributed by atoms with E-state index in [-0.39, 0.29) is 11.9 Å². The Hall–Kier alpha value is -2.27. The summed E-state index contributed by atoms with van der Waals surface area (Å²) in [5.41, 5.74) is 5.51. The molecule has 1 amide bonds. The topological polar surface area (TPSA) is 57.8 Å². The number of aromatic amines is 1. The zero-order valence-corrected chi connectivity index (χ0v) is 14.9. The molecule has 3 aromatic rings. The quantitative estimate of drug-likeness (QED) is 0.687. The van der Waals surface area contributed by atoms with Crippen molar-refractivity contribution in [1.82, 2.24) is 15.3 Å². The Kier molecular flexibility index (Phi) is 4.90. The Morgan fingerprint density at radius 1 is 1.21 bits per heavy atom. The average molecular weight is 339 g/mol. The van der Waals surface area contributed by atoms with E-state index in [1.807, 2.05) is 37.3 Å². The van der Waals surface area contributed by atoms with Crippen LogP contribution in [0.15, 0.2) is 47.6 Å². The molecule has 5 heteroatoms. The Balaban J connectivity index is 1.60. The summed E-state index contributed by atoms with van der Waals surface area (Å²) in [5, 5.41) is 3.79. The van der Waals surface area contributed by atoms with Crippen molar-refractivity contribution >= 4 is 28.7 Å². The third-order valence-electron chi connectivity index (χ3n) is 4.09. The van der Waals surface area contributed by atoms with E-state index < -0.39 is 0 Å². The largest absolute Gasteiger partial charge is 0.349 e. The van der Waals surface area contributed by atoms with Crippen molar-refractivity contribution in [3.05, 3.63) is 59.2 Å². The van der Waals surface area contributed by atoms with Crippen molar-refractivity contribution < 1.29 is 4.79 Å². The number of carbonyl (C=O) groups excluding carboxylic acids is 1. The lowest BCUT2D eigenvalue weighted by Crippen LogP contribution is -2.28. The lowest BCUT2D eigenvalue weighted by atomic mass is 10.1. The van der Waals surface area contributed by atoms with Gasteiger partial charge in [0.2, 0.25) is 5.91 Å². The van der Waals surface area contributed by atoms with Gasteiger partial charge in [-0.1, -0.05) is 42.1 Å². The fourth-order valence-corrected chi connectivity index (χ4v) is 3.25. The van der Waals surface area contributed by atoms with E-state index in [1.54, 1.807) is 0 Å². The summed E-state index contributed by atoms with van der Waals surface area (Å²) in [6.45, 7) is 6.15. The molecule has 0 spiro atoms. The smallest absolute Gasteiger partial charge is 0.230 e. The predicted octanol–water partition coefficient (Wildman–Crippen LogP) is 4.15. The Morgan fingerprint density at radius 3 is 2.67 bits per heavy atom. The van der Waals surface area contributed by atoms with Crippen molar-refractivity contribution in [2.75, 3.05) is 5.75 Å². The number of hydrogen-bond acceptors (Lipinski definition) is 3. The summed E-state index contributed by atoms with van der Waals surface area (Å²) in [6.07, 6.45) is 0. The van der Waals surface area contributed by atoms with Crippen LogP contribution in [0.3, 0.4) is 0 Å². The number of hydrogen-bond donors (Lipinski definition) is 2. The number of amides is 1. The summed E-state index contributed by atoms with van der Waals surface area (Å²) in [7, 11) is 0. The first-order valence-corrected chi connectivity index (χ1v) is 8.95. The molecule has 24 heavy (non-hydrogen) atoms. The van der Waals surface area contributed by atoms with Gasteiger partial charge in [0, 0.05) is 0 Å². The van der Waals surface area contributed by atoms with Gasteiger partial charge < -0.3 is 10.3 Å². The number of H-pyrrole nitrogens is 1. The SMILES string of the molecule is Cc1cc2nc(SCC(=O)N[C@H](C)c3ccccc3)[nH]c2cc1C. The number of fused-ring (bicyclic) bond motifs is 1. The van der Waals surface area contributed by atoms with E-state index in [2.05, 4.69) is 41.3 Å². The predicted molar refractivity (Wildman–Crippen MR) is 99.3 cm³/mol. The summed E-state index contributed by atoms with van der Waals surface area (Å²) in [5.74, 6) is 0.346. The Labute approximate surface area is 146 Å². The normalized spacial score (nSPS) is 12.3. The first-order chi connectivity index (χ1) is 11.5. The van der Waals surface area contributed by atoms with Gasteiger partial charge in [0.15, 0.2) is 5.16 Å². The maximum Gasteiger partial charge on any atom is 0.230 e. The van der Waals surface area contributed by atoms with Crippen LogP contribution < -0.4 is 5.32 Å². The van der Waals surface area contributed by atoms with Crippen molar-refractivity contribution in [3.63, 3.8) is 0 Å². The molecule has 0 unspecified atom stereocenters. The molecule has 1 atom stereocenters. The number of rotatable bonds is 5. The first-order valence-electron chi connectivity index (χ1n) is 7.97. The van der Waals surface area contributed by atoms with Crippen LogP contribution in [0.1, 0.15) is 29.7 Å². The van der Waals surface area contributed by atoms with E-state index in [0.717, 1.165) is 21.8 Å². The van der Waals surface area contributed by atoms with Crippen LogP contribution >= 0.6 is 11.8 Å². The van der Waals surface area contributed by atoms with Crippen LogP contribution in [0, 0.1) is 13.8 Å². The van der Waals surface area contributed by atoms with Gasteiger partial charge in [0.1, 0.15) is 0 Å². The molecule has 0 saturated heterocycles. The zero-order chi connectivity index (χ0) is 17.1. The van der Waals surface area contributed by atoms with Crippen molar-refractivity contribution in [3.8, 4) is 0 Å². The molecule has 0 aliphatic rings. The van der Waals surface area contributed by atoms with Gasteiger partial charge in [0.25, 0.3) is 0 Å². The first kappa shape index (κ1) is 16.6. The number of aromatic nitrogens is 2. The minimum atomic E-state index is 0.000252. The van der Waals surface area contributed by atoms with Gasteiger partial charge in [-0.2, -0.15) is 0 Å². The van der Waals surface area contributed by atoms with Gasteiger partial charge in [-0.25, -0.2) is 4.98 Å². The lowest BCUT2D eigenvalue weighted by molar-refractivity contribution is -0.119. The molecule has 3 rings (SSSR count). The standard InChI is InChI=1S/C19H21N3OS/c1-12-9-16-17(10-13(12)2)22-19(21-16)24-11-18(23)20-14(3)15-7-5-4-6-8-15/h4-10,14H,11H2,1-3H3,(H,20,23)(H,21,22)/t14-/m1/s1. The van der Waals surface area contributed by atoms with Crippen LogP contribution in [-0.2, 0) is 4.79 Å². The van der Waals surface area contributed by atoms with Gasteiger partial charge >= 0.3 is 0 Å². The van der Waals surface area contributed by atoms with Crippen LogP contribution in [0.4, 0.5) is 0 Å². The second-order valence-electron chi connectivity index (χ2n) is 5.98. The highest BCUT2D eigenvalue weighted by Gasteiger charge is 2.11. The van der Waals surface area contributed by atoms with Gasteiger partial charge in [-0.3, -0.25) is 4.79 Å². The molecule has 0 saturated carbocycles. The highest BCUT2D eigenvalue weighted by atomic mass is 32.2. The summed E-state index contributed by atoms with van der Waals surface area (Å²) in [6, 6.07) is 14.1. The second-order valence-corrected chi connectivity index (χ2v) is 6.95. The molecule has 2 N–H and O–H groups in total. The van der Waals surface area contributed by atoms with E-state index >= 15 is 0 Å². The van der Waals surface area contributed by atoms with Crippen LogP contribution in [0.25, 0.3) is 11.0 Å². The summed E-state index contributed by atoms with van der Waals surface area (Å²) >= 11 is 1.42. The van der Waals surface area contributed by atoms with Crippen molar-refractivity contribution in [1.29, 1.82) is 0 Å². The molecule has 4 nitrogen and oxygen atoms in total. The van der Waals surface area contributed by atoms with E-state index in [0.29, 0.717) is 5.75 Å². The molecule has 0 bridgehead atoms. The monoisotopic (exact) mass is 339 g/mol. The lowest BCUT2D eigenvalue weighted by Gasteiger charge is -2.13. The fraction of sp³-hybridized carbons (Fsp3) is 0.263. The highest BCUT2D eigenvalue weighted by molar-refractivity contribution is 7.99. The van der Waals surface area contributed by atoms with E-state index in [4.69, 9.17) is 0 Å². The molecule has 1 heterocycles. The van der Waals surface area contributed by atoms with Gasteiger partial charge in [-0.05, 0) is 49.6 Å². The average Bonchev–Trinajstić information content (AvgIpc) is 2.96. The number of carbonyl (C=O) groups is 1. The number of nitrogens with one attached hydrogen (secondary N) is 2. The van der Waals surface area contributed by atoms with Crippen molar-refractivity contribution in [2.45, 2.75) is 32.0 Å². The fourth-order valence-electron chi connectivity index (χ4n) is 2.56. The Morgan fingerprint density at radius 2 is 1.92 bits per heavy atom. The maximum atomic E-state index is 12.1. The number of imidazole rings is 1. The van der Waals surface area contributed by atoms with Crippen molar-refractivity contribution in [2.24, 2.45) is 0 Å². The molecular formula is C19H21N3OS. The van der Waals surface area contributed by atoms with Crippen LogP contribution in [0.2, 0.25) is 0 Å². The zero-order valence-electron chi connectivity index (χ0n) is 14.1. The molecule has 1 aromatic heterocycles.